The van der Waals surface area contributed by atoms with Gasteiger partial charge in [0.05, 0.1) is 6.54 Å². The first-order valence-corrected chi connectivity index (χ1v) is 10.6. The Morgan fingerprint density at radius 3 is 2.26 bits per heavy atom. The molecule has 0 fully saturated rings. The lowest BCUT2D eigenvalue weighted by Crippen LogP contribution is -2.25. The zero-order chi connectivity index (χ0) is 19.3. The fraction of sp³-hybridized carbons (Fsp3) is 0.286. The Kier molecular flexibility index (Phi) is 6.08. The van der Waals surface area contributed by atoms with Gasteiger partial charge in [-0.2, -0.15) is 5.10 Å². The Morgan fingerprint density at radius 2 is 1.63 bits per heavy atom. The predicted octanol–water partition coefficient (Wildman–Crippen LogP) is 3.92. The molecule has 27 heavy (non-hydrogen) atoms. The van der Waals surface area contributed by atoms with E-state index in [-0.39, 0.29) is 4.90 Å². The van der Waals surface area contributed by atoms with Crippen LogP contribution in [-0.4, -0.2) is 24.7 Å². The van der Waals surface area contributed by atoms with E-state index in [0.29, 0.717) is 24.7 Å². The van der Waals surface area contributed by atoms with E-state index in [2.05, 4.69) is 23.7 Å². The molecule has 0 saturated carbocycles. The molecule has 0 aliphatic heterocycles. The maximum Gasteiger partial charge on any atom is 0.244 e. The monoisotopic (exact) mass is 383 g/mol. The van der Waals surface area contributed by atoms with Crippen molar-refractivity contribution in [3.8, 4) is 11.3 Å². The molecule has 3 rings (SSSR count). The van der Waals surface area contributed by atoms with Gasteiger partial charge in [-0.15, -0.1) is 0 Å². The van der Waals surface area contributed by atoms with Crippen molar-refractivity contribution in [1.29, 1.82) is 0 Å². The third-order valence-electron chi connectivity index (χ3n) is 4.27. The first kappa shape index (κ1) is 19.3. The number of rotatable bonds is 8. The average molecular weight is 384 g/mol. The lowest BCUT2D eigenvalue weighted by molar-refractivity contribution is 0.551. The summed E-state index contributed by atoms with van der Waals surface area (Å²) in [5.74, 6) is 0.432. The van der Waals surface area contributed by atoms with Crippen LogP contribution in [0.5, 0.6) is 0 Å². The average Bonchev–Trinajstić information content (AvgIpc) is 3.08. The number of sulfonamides is 1. The van der Waals surface area contributed by atoms with E-state index in [1.807, 2.05) is 60.7 Å². The topological polar surface area (TPSA) is 64.0 Å². The van der Waals surface area contributed by atoms with Gasteiger partial charge in [0.2, 0.25) is 10.0 Å². The van der Waals surface area contributed by atoms with Crippen molar-refractivity contribution in [3.05, 3.63) is 72.4 Å². The van der Waals surface area contributed by atoms with Gasteiger partial charge in [0.25, 0.3) is 0 Å². The number of hydrogen-bond acceptors (Lipinski definition) is 3. The van der Waals surface area contributed by atoms with E-state index >= 15 is 0 Å². The highest BCUT2D eigenvalue weighted by Gasteiger charge is 2.23. The first-order chi connectivity index (χ1) is 13.0. The van der Waals surface area contributed by atoms with Gasteiger partial charge < -0.3 is 0 Å². The summed E-state index contributed by atoms with van der Waals surface area (Å²) in [5.41, 5.74) is 2.33. The fourth-order valence-electron chi connectivity index (χ4n) is 2.81. The highest BCUT2D eigenvalue weighted by atomic mass is 32.2. The highest BCUT2D eigenvalue weighted by molar-refractivity contribution is 7.89. The van der Waals surface area contributed by atoms with Crippen molar-refractivity contribution in [3.63, 3.8) is 0 Å². The van der Waals surface area contributed by atoms with Gasteiger partial charge in [0, 0.05) is 18.3 Å². The molecule has 3 aromatic rings. The summed E-state index contributed by atoms with van der Waals surface area (Å²) in [5, 5.41) is 4.58. The molecule has 0 radical (unpaired) electrons. The largest absolute Gasteiger partial charge is 0.266 e. The summed E-state index contributed by atoms with van der Waals surface area (Å²) in [4.78, 5) is 0.216. The van der Waals surface area contributed by atoms with E-state index in [9.17, 15) is 8.42 Å². The molecule has 1 aromatic heterocycles. The number of hydrogen-bond donors (Lipinski definition) is 1. The van der Waals surface area contributed by atoms with Crippen LogP contribution in [0.2, 0.25) is 0 Å². The molecule has 0 saturated heterocycles. The van der Waals surface area contributed by atoms with Crippen LogP contribution in [0.4, 0.5) is 0 Å². The number of aromatic nitrogens is 2. The first-order valence-electron chi connectivity index (χ1n) is 9.12. The van der Waals surface area contributed by atoms with Crippen LogP contribution in [-0.2, 0) is 16.6 Å². The molecule has 0 unspecified atom stereocenters. The van der Waals surface area contributed by atoms with Crippen LogP contribution in [0.25, 0.3) is 11.3 Å². The lowest BCUT2D eigenvalue weighted by Gasteiger charge is -2.08. The summed E-state index contributed by atoms with van der Waals surface area (Å²) in [6, 6.07) is 19.3. The van der Waals surface area contributed by atoms with Crippen LogP contribution in [0, 0.1) is 5.92 Å². The van der Waals surface area contributed by atoms with Gasteiger partial charge in [0.1, 0.15) is 10.6 Å². The minimum absolute atomic E-state index is 0.216. The van der Waals surface area contributed by atoms with E-state index in [1.165, 1.54) is 0 Å². The number of benzene rings is 2. The molecular formula is C21H25N3O2S. The van der Waals surface area contributed by atoms with Crippen molar-refractivity contribution >= 4 is 10.0 Å². The molecule has 1 N–H and O–H groups in total. The summed E-state index contributed by atoms with van der Waals surface area (Å²) in [6.45, 7) is 5.07. The van der Waals surface area contributed by atoms with Gasteiger partial charge in [-0.25, -0.2) is 13.1 Å². The molecule has 0 atom stereocenters. The van der Waals surface area contributed by atoms with Crippen molar-refractivity contribution < 1.29 is 8.42 Å². The second-order valence-corrected chi connectivity index (χ2v) is 8.71. The quantitative estimate of drug-likeness (QED) is 0.641. The van der Waals surface area contributed by atoms with Gasteiger partial charge in [-0.1, -0.05) is 74.5 Å². The van der Waals surface area contributed by atoms with E-state index < -0.39 is 10.0 Å². The van der Waals surface area contributed by atoms with Crippen molar-refractivity contribution in [2.45, 2.75) is 31.7 Å². The second kappa shape index (κ2) is 8.50. The summed E-state index contributed by atoms with van der Waals surface area (Å²) < 4.78 is 30.2. The lowest BCUT2D eigenvalue weighted by atomic mass is 10.1. The number of nitrogens with one attached hydrogen (secondary N) is 1. The molecule has 0 bridgehead atoms. The van der Waals surface area contributed by atoms with Crippen LogP contribution in [0.1, 0.15) is 25.8 Å². The van der Waals surface area contributed by atoms with Gasteiger partial charge in [-0.05, 0) is 17.9 Å². The van der Waals surface area contributed by atoms with Crippen LogP contribution >= 0.6 is 0 Å². The smallest absolute Gasteiger partial charge is 0.244 e. The molecule has 5 nitrogen and oxygen atoms in total. The van der Waals surface area contributed by atoms with Gasteiger partial charge in [-0.3, -0.25) is 4.68 Å². The second-order valence-electron chi connectivity index (χ2n) is 6.97. The molecule has 0 spiro atoms. The zero-order valence-corrected chi connectivity index (χ0v) is 16.5. The Balaban J connectivity index is 1.95. The molecule has 6 heteroatoms. The molecule has 142 valence electrons. The summed E-state index contributed by atoms with van der Waals surface area (Å²) >= 11 is 0. The molecule has 0 aliphatic rings. The van der Waals surface area contributed by atoms with Crippen molar-refractivity contribution in [1.82, 2.24) is 14.5 Å². The molecule has 1 heterocycles. The third kappa shape index (κ3) is 5.05. The fourth-order valence-corrected chi connectivity index (χ4v) is 4.02. The summed E-state index contributed by atoms with van der Waals surface area (Å²) in [7, 11) is -3.64. The predicted molar refractivity (Wildman–Crippen MR) is 108 cm³/mol. The Hall–Kier alpha value is -2.44. The Labute approximate surface area is 161 Å². The van der Waals surface area contributed by atoms with Crippen LogP contribution in [0.3, 0.4) is 0 Å². The SMILES string of the molecule is CC(C)CCNS(=O)(=O)c1cn(Cc2ccccc2)nc1-c1ccccc1. The van der Waals surface area contributed by atoms with E-state index in [0.717, 1.165) is 17.5 Å². The van der Waals surface area contributed by atoms with Crippen molar-refractivity contribution in [2.75, 3.05) is 6.54 Å². The summed E-state index contributed by atoms with van der Waals surface area (Å²) in [6.07, 6.45) is 2.41. The number of nitrogens with zero attached hydrogens (tertiary/aromatic N) is 2. The third-order valence-corrected chi connectivity index (χ3v) is 5.73. The van der Waals surface area contributed by atoms with Crippen LogP contribution in [0.15, 0.2) is 71.8 Å². The molecule has 2 aromatic carbocycles. The van der Waals surface area contributed by atoms with Crippen LogP contribution < -0.4 is 4.72 Å². The normalized spacial score (nSPS) is 11.8. The molecule has 0 aliphatic carbocycles. The Morgan fingerprint density at radius 1 is 1.00 bits per heavy atom. The maximum absolute atomic E-state index is 12.9. The zero-order valence-electron chi connectivity index (χ0n) is 15.7. The minimum atomic E-state index is -3.64. The Bertz CT molecular complexity index is 965. The van der Waals surface area contributed by atoms with Gasteiger partial charge in [0.15, 0.2) is 0 Å². The minimum Gasteiger partial charge on any atom is -0.266 e. The van der Waals surface area contributed by atoms with E-state index in [4.69, 9.17) is 0 Å². The van der Waals surface area contributed by atoms with Gasteiger partial charge >= 0.3 is 0 Å². The molecule has 0 amide bonds. The molecular weight excluding hydrogens is 358 g/mol. The van der Waals surface area contributed by atoms with Crippen molar-refractivity contribution in [2.24, 2.45) is 5.92 Å². The van der Waals surface area contributed by atoms with E-state index in [1.54, 1.807) is 10.9 Å². The highest BCUT2D eigenvalue weighted by Crippen LogP contribution is 2.26. The maximum atomic E-state index is 12.9. The standard InChI is InChI=1S/C21H25N3O2S/c1-17(2)13-14-22-27(25,26)20-16-24(15-18-9-5-3-6-10-18)23-21(20)19-11-7-4-8-12-19/h3-12,16-17,22H,13-15H2,1-2H3.